The molecular formula is C8H7NaO4. The minimum absolute atomic E-state index is 0. The Morgan fingerprint density at radius 3 is 1.92 bits per heavy atom. The number of aliphatic carboxylic acids is 1. The van der Waals surface area contributed by atoms with Crippen LogP contribution in [0.15, 0.2) is 24.3 Å². The molecule has 0 bridgehead atoms. The molecule has 0 fully saturated rings. The zero-order chi connectivity index (χ0) is 9.14. The van der Waals surface area contributed by atoms with E-state index in [9.17, 15) is 9.59 Å². The molecule has 0 aliphatic heterocycles. The van der Waals surface area contributed by atoms with Crippen molar-refractivity contribution in [2.45, 2.75) is 0 Å². The second-order valence-electron chi connectivity index (χ2n) is 2.18. The molecule has 1 aromatic carbocycles. The molecule has 1 aromatic rings. The average molecular weight is 190 g/mol. The van der Waals surface area contributed by atoms with Crippen molar-refractivity contribution in [3.63, 3.8) is 0 Å². The predicted octanol–water partition coefficient (Wildman–Crippen LogP) is 0.0110. The van der Waals surface area contributed by atoms with E-state index in [1.54, 1.807) is 0 Å². The molecule has 0 unspecified atom stereocenters. The molecule has 2 N–H and O–H groups in total. The Balaban J connectivity index is 0.00000144. The van der Waals surface area contributed by atoms with Gasteiger partial charge in [0.2, 0.25) is 0 Å². The second kappa shape index (κ2) is 5.01. The molecule has 64 valence electrons. The van der Waals surface area contributed by atoms with E-state index in [1.807, 2.05) is 0 Å². The number of aromatic hydroxyl groups is 1. The topological polar surface area (TPSA) is 74.6 Å². The van der Waals surface area contributed by atoms with E-state index in [0.29, 0.717) is 0 Å². The summed E-state index contributed by atoms with van der Waals surface area (Å²) < 4.78 is 0. The van der Waals surface area contributed by atoms with E-state index in [2.05, 4.69) is 0 Å². The predicted molar refractivity (Wildman–Crippen MR) is 47.2 cm³/mol. The van der Waals surface area contributed by atoms with Crippen LogP contribution in [-0.4, -0.2) is 51.5 Å². The van der Waals surface area contributed by atoms with Crippen LogP contribution in [0.4, 0.5) is 0 Å². The third-order valence-corrected chi connectivity index (χ3v) is 1.32. The van der Waals surface area contributed by atoms with Crippen molar-refractivity contribution in [2.24, 2.45) is 0 Å². The van der Waals surface area contributed by atoms with Crippen LogP contribution in [0.2, 0.25) is 0 Å². The van der Waals surface area contributed by atoms with Crippen LogP contribution in [0.25, 0.3) is 0 Å². The number of rotatable bonds is 2. The van der Waals surface area contributed by atoms with Gasteiger partial charge in [0.25, 0.3) is 5.78 Å². The van der Waals surface area contributed by atoms with Gasteiger partial charge in [0.1, 0.15) is 5.75 Å². The monoisotopic (exact) mass is 190 g/mol. The number of phenols is 1. The normalized spacial score (nSPS) is 8.62. The van der Waals surface area contributed by atoms with Crippen LogP contribution in [0, 0.1) is 0 Å². The molecule has 5 heteroatoms. The Labute approximate surface area is 96.5 Å². The summed E-state index contributed by atoms with van der Waals surface area (Å²) in [6.45, 7) is 0. The molecular weight excluding hydrogens is 183 g/mol. The van der Waals surface area contributed by atoms with Crippen molar-refractivity contribution >= 4 is 41.3 Å². The summed E-state index contributed by atoms with van der Waals surface area (Å²) in [7, 11) is 0. The van der Waals surface area contributed by atoms with Crippen molar-refractivity contribution < 1.29 is 19.8 Å². The fourth-order valence-electron chi connectivity index (χ4n) is 0.736. The molecule has 0 atom stereocenters. The number of phenolic OH excluding ortho intramolecular Hbond substituents is 1. The van der Waals surface area contributed by atoms with Gasteiger partial charge < -0.3 is 10.2 Å². The molecule has 0 heterocycles. The third kappa shape index (κ3) is 3.18. The molecule has 0 amide bonds. The van der Waals surface area contributed by atoms with Gasteiger partial charge in [-0.2, -0.15) is 0 Å². The van der Waals surface area contributed by atoms with Gasteiger partial charge in [-0.25, -0.2) is 4.79 Å². The minimum atomic E-state index is -1.50. The van der Waals surface area contributed by atoms with E-state index < -0.39 is 11.8 Å². The first kappa shape index (κ1) is 12.2. The summed E-state index contributed by atoms with van der Waals surface area (Å²) in [6, 6.07) is 5.03. The number of Topliss-reactive ketones (excluding diaryl/α,β-unsaturated/α-hetero) is 1. The van der Waals surface area contributed by atoms with E-state index in [0.717, 1.165) is 0 Å². The third-order valence-electron chi connectivity index (χ3n) is 1.32. The molecule has 0 radical (unpaired) electrons. The molecule has 0 aliphatic rings. The van der Waals surface area contributed by atoms with Gasteiger partial charge in [0, 0.05) is 5.56 Å². The van der Waals surface area contributed by atoms with E-state index in [4.69, 9.17) is 10.2 Å². The summed E-state index contributed by atoms with van der Waals surface area (Å²) in [4.78, 5) is 20.9. The van der Waals surface area contributed by atoms with Crippen LogP contribution >= 0.6 is 0 Å². The van der Waals surface area contributed by atoms with Gasteiger partial charge in [0.05, 0.1) is 0 Å². The van der Waals surface area contributed by atoms with Crippen molar-refractivity contribution in [1.29, 1.82) is 0 Å². The Bertz CT molecular complexity index is 317. The molecule has 0 aromatic heterocycles. The molecule has 0 spiro atoms. The SMILES string of the molecule is O=C(O)C(=O)c1ccc(O)cc1.[NaH]. The van der Waals surface area contributed by atoms with Crippen LogP contribution in [0.1, 0.15) is 10.4 Å². The summed E-state index contributed by atoms with van der Waals surface area (Å²) >= 11 is 0. The van der Waals surface area contributed by atoms with Crippen molar-refractivity contribution in [2.75, 3.05) is 0 Å². The quantitative estimate of drug-likeness (QED) is 0.391. The zero-order valence-electron chi connectivity index (χ0n) is 6.02. The van der Waals surface area contributed by atoms with E-state index >= 15 is 0 Å². The Hall–Kier alpha value is -0.840. The van der Waals surface area contributed by atoms with E-state index in [1.165, 1.54) is 24.3 Å². The summed E-state index contributed by atoms with van der Waals surface area (Å²) in [5.41, 5.74) is 0.0558. The summed E-state index contributed by atoms with van der Waals surface area (Å²) in [6.07, 6.45) is 0. The van der Waals surface area contributed by atoms with Gasteiger partial charge in [-0.05, 0) is 24.3 Å². The number of ketones is 1. The average Bonchev–Trinajstić information content (AvgIpc) is 2.04. The second-order valence-corrected chi connectivity index (χ2v) is 2.18. The fraction of sp³-hybridized carbons (Fsp3) is 0. The number of carboxylic acid groups (broad SMARTS) is 1. The standard InChI is InChI=1S/C8H6O4.Na.H/c9-6-3-1-5(2-4-6)7(10)8(11)12;;/h1-4,9H,(H,11,12);;. The fourth-order valence-corrected chi connectivity index (χ4v) is 0.736. The number of carbonyl (C=O) groups excluding carboxylic acids is 1. The molecule has 0 saturated heterocycles. The Kier molecular flexibility index (Phi) is 4.69. The van der Waals surface area contributed by atoms with Crippen molar-refractivity contribution in [3.05, 3.63) is 29.8 Å². The van der Waals surface area contributed by atoms with Crippen LogP contribution < -0.4 is 0 Å². The Morgan fingerprint density at radius 1 is 1.08 bits per heavy atom. The Morgan fingerprint density at radius 2 is 1.54 bits per heavy atom. The first-order valence-corrected chi connectivity index (χ1v) is 3.18. The van der Waals surface area contributed by atoms with Crippen molar-refractivity contribution in [3.8, 4) is 5.75 Å². The number of benzene rings is 1. The first-order valence-electron chi connectivity index (χ1n) is 3.18. The van der Waals surface area contributed by atoms with Crippen molar-refractivity contribution in [1.82, 2.24) is 0 Å². The number of hydrogen-bond acceptors (Lipinski definition) is 3. The maximum atomic E-state index is 10.8. The van der Waals surface area contributed by atoms with Gasteiger partial charge in [-0.15, -0.1) is 0 Å². The summed E-state index contributed by atoms with van der Waals surface area (Å²) in [5.74, 6) is -2.48. The molecule has 1 rings (SSSR count). The number of hydrogen-bond donors (Lipinski definition) is 2. The van der Waals surface area contributed by atoms with Gasteiger partial charge in [-0.1, -0.05) is 0 Å². The van der Waals surface area contributed by atoms with Crippen LogP contribution in [0.3, 0.4) is 0 Å². The molecule has 0 saturated carbocycles. The molecule has 4 nitrogen and oxygen atoms in total. The van der Waals surface area contributed by atoms with Gasteiger partial charge in [0.15, 0.2) is 0 Å². The van der Waals surface area contributed by atoms with E-state index in [-0.39, 0.29) is 40.9 Å². The number of carbonyl (C=O) groups is 2. The van der Waals surface area contributed by atoms with Gasteiger partial charge >= 0.3 is 35.5 Å². The first-order chi connectivity index (χ1) is 5.61. The molecule has 13 heavy (non-hydrogen) atoms. The summed E-state index contributed by atoms with van der Waals surface area (Å²) in [5, 5.41) is 17.1. The van der Waals surface area contributed by atoms with Crippen LogP contribution in [-0.2, 0) is 4.79 Å². The van der Waals surface area contributed by atoms with Gasteiger partial charge in [-0.3, -0.25) is 4.79 Å². The maximum absolute atomic E-state index is 10.8. The van der Waals surface area contributed by atoms with Crippen LogP contribution in [0.5, 0.6) is 5.75 Å². The number of carboxylic acids is 1. The zero-order valence-corrected chi connectivity index (χ0v) is 6.02. The molecule has 0 aliphatic carbocycles.